The van der Waals surface area contributed by atoms with Gasteiger partial charge in [0.05, 0.1) is 10.9 Å². The molecular weight excluding hydrogens is 577 g/mol. The third-order valence-electron chi connectivity index (χ3n) is 7.69. The van der Waals surface area contributed by atoms with E-state index in [1.165, 1.54) is 11.1 Å². The Balaban J connectivity index is 1.19. The molecule has 0 spiro atoms. The summed E-state index contributed by atoms with van der Waals surface area (Å²) in [5.74, 6) is 0.0656. The van der Waals surface area contributed by atoms with E-state index in [-0.39, 0.29) is 22.0 Å². The maximum absolute atomic E-state index is 13.5. The van der Waals surface area contributed by atoms with Gasteiger partial charge in [-0.1, -0.05) is 86.6 Å². The van der Waals surface area contributed by atoms with Gasteiger partial charge in [-0.25, -0.2) is 8.42 Å². The largest absolute Gasteiger partial charge is 0.332 e. The summed E-state index contributed by atoms with van der Waals surface area (Å²) >= 11 is 5.32. The molecule has 4 aromatic carbocycles. The molecule has 0 atom stereocenters. The zero-order valence-corrected chi connectivity index (χ0v) is 25.9. The van der Waals surface area contributed by atoms with Gasteiger partial charge in [-0.2, -0.15) is 4.31 Å². The fraction of sp³-hybridized carbons (Fsp3) is 0.235. The maximum atomic E-state index is 13.5. The Hall–Kier alpha value is -3.89. The van der Waals surface area contributed by atoms with Crippen molar-refractivity contribution < 1.29 is 13.2 Å². The standard InChI is InChI=1S/C34H36N4O3S2/c1-25(2)26-13-15-29(16-14-26)33(39)36-34(42)35-30-17-19-31(20-18-30)43(40,41)38-23-21-37(22-24-38)32(27-9-5-3-6-10-27)28-11-7-4-8-12-28/h3-20,25,32H,21-24H2,1-2H3,(H2,35,36,39,42). The van der Waals surface area contributed by atoms with E-state index in [0.717, 1.165) is 5.56 Å². The number of thiocarbonyl (C=S) groups is 1. The summed E-state index contributed by atoms with van der Waals surface area (Å²) in [5, 5.41) is 5.78. The van der Waals surface area contributed by atoms with E-state index >= 15 is 0 Å². The number of benzene rings is 4. The van der Waals surface area contributed by atoms with Crippen molar-refractivity contribution in [3.05, 3.63) is 131 Å². The molecule has 1 aliphatic heterocycles. The van der Waals surface area contributed by atoms with Gasteiger partial charge in [0, 0.05) is 37.4 Å². The van der Waals surface area contributed by atoms with E-state index in [9.17, 15) is 13.2 Å². The molecule has 1 fully saturated rings. The molecule has 1 saturated heterocycles. The summed E-state index contributed by atoms with van der Waals surface area (Å²) in [6, 6.07) is 34.6. The van der Waals surface area contributed by atoms with Crippen LogP contribution in [0, 0.1) is 0 Å². The smallest absolute Gasteiger partial charge is 0.257 e. The predicted molar refractivity (Wildman–Crippen MR) is 176 cm³/mol. The molecule has 1 amide bonds. The van der Waals surface area contributed by atoms with Gasteiger partial charge in [0.1, 0.15) is 0 Å². The van der Waals surface area contributed by atoms with Gasteiger partial charge in [0.25, 0.3) is 5.91 Å². The fourth-order valence-electron chi connectivity index (χ4n) is 5.30. The van der Waals surface area contributed by atoms with Crippen molar-refractivity contribution >= 4 is 38.9 Å². The highest BCUT2D eigenvalue weighted by Crippen LogP contribution is 2.30. The van der Waals surface area contributed by atoms with Crippen molar-refractivity contribution in [1.82, 2.24) is 14.5 Å². The summed E-state index contributed by atoms with van der Waals surface area (Å²) in [7, 11) is -3.67. The third kappa shape index (κ3) is 7.37. The van der Waals surface area contributed by atoms with E-state index in [2.05, 4.69) is 53.6 Å². The lowest BCUT2D eigenvalue weighted by atomic mass is 9.96. The molecule has 0 radical (unpaired) electrons. The molecule has 1 heterocycles. The van der Waals surface area contributed by atoms with Crippen LogP contribution in [-0.2, 0) is 10.0 Å². The van der Waals surface area contributed by atoms with Crippen LogP contribution in [0.3, 0.4) is 0 Å². The Morgan fingerprint density at radius 3 is 1.77 bits per heavy atom. The number of nitrogens with zero attached hydrogens (tertiary/aromatic N) is 2. The van der Waals surface area contributed by atoms with Gasteiger partial charge in [-0.15, -0.1) is 0 Å². The number of carbonyl (C=O) groups is 1. The average molecular weight is 613 g/mol. The van der Waals surface area contributed by atoms with Crippen LogP contribution in [0.5, 0.6) is 0 Å². The van der Waals surface area contributed by atoms with Crippen molar-refractivity contribution in [1.29, 1.82) is 0 Å². The zero-order chi connectivity index (χ0) is 30.4. The highest BCUT2D eigenvalue weighted by molar-refractivity contribution is 7.89. The molecular formula is C34H36N4O3S2. The topological polar surface area (TPSA) is 81.8 Å². The highest BCUT2D eigenvalue weighted by atomic mass is 32.2. The maximum Gasteiger partial charge on any atom is 0.257 e. The molecule has 5 rings (SSSR count). The molecule has 0 bridgehead atoms. The third-order valence-corrected chi connectivity index (χ3v) is 9.80. The first kappa shape index (κ1) is 30.6. The SMILES string of the molecule is CC(C)c1ccc(C(=O)NC(=S)Nc2ccc(S(=O)(=O)N3CCN(C(c4ccccc4)c4ccccc4)CC3)cc2)cc1. The molecule has 0 aliphatic carbocycles. The zero-order valence-electron chi connectivity index (χ0n) is 24.3. The molecule has 9 heteroatoms. The minimum absolute atomic E-state index is 0.0568. The van der Waals surface area contributed by atoms with Crippen LogP contribution in [0.1, 0.15) is 52.9 Å². The van der Waals surface area contributed by atoms with Crippen LogP contribution >= 0.6 is 12.2 Å². The molecule has 43 heavy (non-hydrogen) atoms. The van der Waals surface area contributed by atoms with Crippen molar-refractivity contribution in [3.8, 4) is 0 Å². The van der Waals surface area contributed by atoms with E-state index in [0.29, 0.717) is 43.3 Å². The first-order chi connectivity index (χ1) is 20.7. The highest BCUT2D eigenvalue weighted by Gasteiger charge is 2.32. The number of anilines is 1. The van der Waals surface area contributed by atoms with E-state index in [4.69, 9.17) is 12.2 Å². The lowest BCUT2D eigenvalue weighted by Crippen LogP contribution is -2.49. The van der Waals surface area contributed by atoms with Crippen LogP contribution in [0.15, 0.2) is 114 Å². The Morgan fingerprint density at radius 1 is 0.721 bits per heavy atom. The van der Waals surface area contributed by atoms with Crippen molar-refractivity contribution in [2.75, 3.05) is 31.5 Å². The first-order valence-corrected chi connectivity index (χ1v) is 16.2. The molecule has 0 aromatic heterocycles. The minimum Gasteiger partial charge on any atom is -0.332 e. The van der Waals surface area contributed by atoms with Crippen LogP contribution < -0.4 is 10.6 Å². The predicted octanol–water partition coefficient (Wildman–Crippen LogP) is 6.03. The van der Waals surface area contributed by atoms with Gasteiger partial charge < -0.3 is 5.32 Å². The van der Waals surface area contributed by atoms with Crippen LogP contribution in [0.2, 0.25) is 0 Å². The minimum atomic E-state index is -3.67. The van der Waals surface area contributed by atoms with Gasteiger partial charge in [0.15, 0.2) is 5.11 Å². The van der Waals surface area contributed by atoms with E-state index < -0.39 is 10.0 Å². The Labute approximate surface area is 259 Å². The molecule has 4 aromatic rings. The lowest BCUT2D eigenvalue weighted by molar-refractivity contribution is 0.0977. The van der Waals surface area contributed by atoms with Crippen LogP contribution in [0.25, 0.3) is 0 Å². The second kappa shape index (κ2) is 13.6. The monoisotopic (exact) mass is 612 g/mol. The fourth-order valence-corrected chi connectivity index (χ4v) is 6.94. The number of carbonyl (C=O) groups excluding carboxylic acids is 1. The van der Waals surface area contributed by atoms with Crippen LogP contribution in [-0.4, -0.2) is 54.8 Å². The molecule has 2 N–H and O–H groups in total. The van der Waals surface area contributed by atoms with Gasteiger partial charge in [-0.05, 0) is 71.2 Å². The summed E-state index contributed by atoms with van der Waals surface area (Å²) in [5.41, 5.74) is 4.61. The Morgan fingerprint density at radius 2 is 1.26 bits per heavy atom. The van der Waals surface area contributed by atoms with E-state index in [1.54, 1.807) is 40.7 Å². The van der Waals surface area contributed by atoms with Gasteiger partial charge >= 0.3 is 0 Å². The normalized spacial score (nSPS) is 14.5. The number of hydrogen-bond acceptors (Lipinski definition) is 5. The number of nitrogens with one attached hydrogen (secondary N) is 2. The van der Waals surface area contributed by atoms with Gasteiger partial charge in [0.2, 0.25) is 10.0 Å². The Kier molecular flexibility index (Phi) is 9.67. The number of rotatable bonds is 8. The van der Waals surface area contributed by atoms with E-state index in [1.807, 2.05) is 48.5 Å². The summed E-state index contributed by atoms with van der Waals surface area (Å²) < 4.78 is 28.6. The molecule has 222 valence electrons. The van der Waals surface area contributed by atoms with Crippen molar-refractivity contribution in [2.45, 2.75) is 30.7 Å². The molecule has 1 aliphatic rings. The van der Waals surface area contributed by atoms with Crippen molar-refractivity contribution in [2.24, 2.45) is 0 Å². The van der Waals surface area contributed by atoms with Crippen molar-refractivity contribution in [3.63, 3.8) is 0 Å². The molecule has 7 nitrogen and oxygen atoms in total. The number of hydrogen-bond donors (Lipinski definition) is 2. The first-order valence-electron chi connectivity index (χ1n) is 14.4. The second-order valence-corrected chi connectivity index (χ2v) is 13.2. The second-order valence-electron chi connectivity index (χ2n) is 10.9. The summed E-state index contributed by atoms with van der Waals surface area (Å²) in [6.07, 6.45) is 0. The summed E-state index contributed by atoms with van der Waals surface area (Å²) in [4.78, 5) is 15.1. The number of sulfonamides is 1. The molecule has 0 saturated carbocycles. The quantitative estimate of drug-likeness (QED) is 0.237. The van der Waals surface area contributed by atoms with Gasteiger partial charge in [-0.3, -0.25) is 15.0 Å². The number of piperazine rings is 1. The van der Waals surface area contributed by atoms with Crippen LogP contribution in [0.4, 0.5) is 5.69 Å². The summed E-state index contributed by atoms with van der Waals surface area (Å²) in [6.45, 7) is 6.21. The number of amides is 1. The Bertz CT molecular complexity index is 1600. The lowest BCUT2D eigenvalue weighted by Gasteiger charge is -2.39. The molecule has 0 unspecified atom stereocenters. The average Bonchev–Trinajstić information content (AvgIpc) is 3.03.